The van der Waals surface area contributed by atoms with E-state index in [4.69, 9.17) is 5.73 Å². The summed E-state index contributed by atoms with van der Waals surface area (Å²) in [5.74, 6) is -0.0891. The third kappa shape index (κ3) is 2.23. The molecule has 0 saturated carbocycles. The van der Waals surface area contributed by atoms with Crippen LogP contribution in [0.5, 0.6) is 0 Å². The van der Waals surface area contributed by atoms with Crippen LogP contribution in [0.4, 0.5) is 0 Å². The van der Waals surface area contributed by atoms with Crippen molar-refractivity contribution in [1.29, 1.82) is 0 Å². The minimum atomic E-state index is -0.0891. The van der Waals surface area contributed by atoms with Crippen LogP contribution >= 0.6 is 0 Å². The van der Waals surface area contributed by atoms with Crippen LogP contribution in [0.3, 0.4) is 0 Å². The van der Waals surface area contributed by atoms with Crippen LogP contribution in [0.1, 0.15) is 17.3 Å². The minimum Gasteiger partial charge on any atom is -0.361 e. The lowest BCUT2D eigenvalue weighted by atomic mass is 10.1. The Morgan fingerprint density at radius 3 is 3.06 bits per heavy atom. The Labute approximate surface area is 93.8 Å². The third-order valence-corrected chi connectivity index (χ3v) is 2.40. The van der Waals surface area contributed by atoms with Gasteiger partial charge in [-0.25, -0.2) is 0 Å². The lowest BCUT2D eigenvalue weighted by Crippen LogP contribution is -2.35. The number of carbonyl (C=O) groups is 1. The molecule has 0 aliphatic rings. The van der Waals surface area contributed by atoms with Gasteiger partial charge in [0.1, 0.15) is 0 Å². The van der Waals surface area contributed by atoms with Crippen molar-refractivity contribution >= 4 is 16.8 Å². The van der Waals surface area contributed by atoms with Gasteiger partial charge in [0.05, 0.1) is 0 Å². The van der Waals surface area contributed by atoms with E-state index in [-0.39, 0.29) is 11.9 Å². The summed E-state index contributed by atoms with van der Waals surface area (Å²) in [4.78, 5) is 14.8. The normalized spacial score (nSPS) is 12.6. The summed E-state index contributed by atoms with van der Waals surface area (Å²) in [5, 5.41) is 3.88. The maximum absolute atomic E-state index is 11.7. The molecule has 1 aromatic heterocycles. The monoisotopic (exact) mass is 217 g/mol. The number of fused-ring (bicyclic) bond motifs is 1. The van der Waals surface area contributed by atoms with E-state index < -0.39 is 0 Å². The highest BCUT2D eigenvalue weighted by atomic mass is 16.1. The van der Waals surface area contributed by atoms with E-state index >= 15 is 0 Å². The molecule has 4 N–H and O–H groups in total. The largest absolute Gasteiger partial charge is 0.361 e. The van der Waals surface area contributed by atoms with Crippen LogP contribution in [0, 0.1) is 0 Å². The molecule has 4 heteroatoms. The highest BCUT2D eigenvalue weighted by molar-refractivity contribution is 5.97. The molecule has 4 nitrogen and oxygen atoms in total. The maximum Gasteiger partial charge on any atom is 0.251 e. The Morgan fingerprint density at radius 2 is 2.31 bits per heavy atom. The zero-order chi connectivity index (χ0) is 11.5. The molecular formula is C12H15N3O. The number of hydrogen-bond acceptors (Lipinski definition) is 2. The van der Waals surface area contributed by atoms with Gasteiger partial charge >= 0.3 is 0 Å². The highest BCUT2D eigenvalue weighted by Crippen LogP contribution is 2.13. The van der Waals surface area contributed by atoms with Crippen molar-refractivity contribution in [2.45, 2.75) is 13.0 Å². The molecule has 0 aliphatic heterocycles. The van der Waals surface area contributed by atoms with E-state index in [2.05, 4.69) is 10.3 Å². The molecule has 1 unspecified atom stereocenters. The number of aromatic nitrogens is 1. The fraction of sp³-hybridized carbons (Fsp3) is 0.250. The Balaban J connectivity index is 2.16. The molecular weight excluding hydrogens is 202 g/mol. The van der Waals surface area contributed by atoms with Gasteiger partial charge in [-0.05, 0) is 30.5 Å². The molecule has 0 spiro atoms. The molecule has 2 aromatic rings. The predicted octanol–water partition coefficient (Wildman–Crippen LogP) is 1.24. The van der Waals surface area contributed by atoms with E-state index in [9.17, 15) is 4.79 Å². The molecule has 16 heavy (non-hydrogen) atoms. The van der Waals surface area contributed by atoms with Gasteiger partial charge in [-0.1, -0.05) is 6.07 Å². The predicted molar refractivity (Wildman–Crippen MR) is 64.3 cm³/mol. The van der Waals surface area contributed by atoms with Gasteiger partial charge < -0.3 is 16.0 Å². The van der Waals surface area contributed by atoms with Crippen molar-refractivity contribution < 1.29 is 4.79 Å². The number of amides is 1. The molecule has 1 aromatic carbocycles. The molecule has 1 heterocycles. The summed E-state index contributed by atoms with van der Waals surface area (Å²) < 4.78 is 0. The molecule has 1 amide bonds. The third-order valence-electron chi connectivity index (χ3n) is 2.40. The second kappa shape index (κ2) is 4.37. The average molecular weight is 217 g/mol. The van der Waals surface area contributed by atoms with Crippen molar-refractivity contribution in [2.75, 3.05) is 6.54 Å². The van der Waals surface area contributed by atoms with E-state index in [0.29, 0.717) is 12.1 Å². The minimum absolute atomic E-state index is 0.0295. The molecule has 1 atom stereocenters. The van der Waals surface area contributed by atoms with Crippen molar-refractivity contribution in [3.8, 4) is 0 Å². The van der Waals surface area contributed by atoms with E-state index in [0.717, 1.165) is 10.9 Å². The van der Waals surface area contributed by atoms with Crippen molar-refractivity contribution in [2.24, 2.45) is 5.73 Å². The molecule has 84 valence electrons. The summed E-state index contributed by atoms with van der Waals surface area (Å²) in [5.41, 5.74) is 7.19. The number of benzene rings is 1. The zero-order valence-corrected chi connectivity index (χ0v) is 9.16. The van der Waals surface area contributed by atoms with Crippen LogP contribution in [-0.2, 0) is 0 Å². The maximum atomic E-state index is 11.7. The Morgan fingerprint density at radius 1 is 1.50 bits per heavy atom. The van der Waals surface area contributed by atoms with E-state index in [1.165, 1.54) is 0 Å². The first-order valence-electron chi connectivity index (χ1n) is 5.28. The van der Waals surface area contributed by atoms with Crippen LogP contribution in [0.2, 0.25) is 0 Å². The number of nitrogens with two attached hydrogens (primary N) is 1. The first-order chi connectivity index (χ1) is 7.66. The average Bonchev–Trinajstić information content (AvgIpc) is 2.72. The van der Waals surface area contributed by atoms with Crippen LogP contribution in [0.25, 0.3) is 10.9 Å². The first kappa shape index (κ1) is 10.7. The van der Waals surface area contributed by atoms with Gasteiger partial charge in [-0.2, -0.15) is 0 Å². The van der Waals surface area contributed by atoms with E-state index in [1.54, 1.807) is 0 Å². The van der Waals surface area contributed by atoms with Gasteiger partial charge in [0.15, 0.2) is 0 Å². The number of aromatic amines is 1. The fourth-order valence-corrected chi connectivity index (χ4v) is 1.54. The lowest BCUT2D eigenvalue weighted by molar-refractivity contribution is 0.0952. The fourth-order valence-electron chi connectivity index (χ4n) is 1.54. The zero-order valence-electron chi connectivity index (χ0n) is 9.16. The van der Waals surface area contributed by atoms with Crippen LogP contribution in [0.15, 0.2) is 30.5 Å². The summed E-state index contributed by atoms with van der Waals surface area (Å²) in [6, 6.07) is 7.52. The SMILES string of the molecule is CC(N)CNC(=O)c1ccc2cc[nH]c2c1. The van der Waals surface area contributed by atoms with Crippen LogP contribution in [-0.4, -0.2) is 23.5 Å². The topological polar surface area (TPSA) is 70.9 Å². The first-order valence-corrected chi connectivity index (χ1v) is 5.28. The van der Waals surface area contributed by atoms with Crippen molar-refractivity contribution in [1.82, 2.24) is 10.3 Å². The van der Waals surface area contributed by atoms with Crippen LogP contribution < -0.4 is 11.1 Å². The Kier molecular flexibility index (Phi) is 2.92. The number of nitrogens with one attached hydrogen (secondary N) is 2. The molecule has 0 fully saturated rings. The molecule has 0 aliphatic carbocycles. The molecule has 0 bridgehead atoms. The molecule has 2 rings (SSSR count). The van der Waals surface area contributed by atoms with Crippen molar-refractivity contribution in [3.63, 3.8) is 0 Å². The van der Waals surface area contributed by atoms with Gasteiger partial charge in [0, 0.05) is 29.9 Å². The van der Waals surface area contributed by atoms with E-state index in [1.807, 2.05) is 37.4 Å². The van der Waals surface area contributed by atoms with Gasteiger partial charge in [0.25, 0.3) is 5.91 Å². The molecule has 0 saturated heterocycles. The number of H-pyrrole nitrogens is 1. The van der Waals surface area contributed by atoms with Gasteiger partial charge in [-0.3, -0.25) is 4.79 Å². The second-order valence-corrected chi connectivity index (χ2v) is 3.97. The number of rotatable bonds is 3. The quantitative estimate of drug-likeness (QED) is 0.724. The summed E-state index contributed by atoms with van der Waals surface area (Å²) >= 11 is 0. The number of carbonyl (C=O) groups excluding carboxylic acids is 1. The van der Waals surface area contributed by atoms with Gasteiger partial charge in [0.2, 0.25) is 0 Å². The Hall–Kier alpha value is -1.81. The lowest BCUT2D eigenvalue weighted by Gasteiger charge is -2.07. The molecule has 0 radical (unpaired) electrons. The summed E-state index contributed by atoms with van der Waals surface area (Å²) in [6.07, 6.45) is 1.86. The highest BCUT2D eigenvalue weighted by Gasteiger charge is 2.06. The second-order valence-electron chi connectivity index (χ2n) is 3.97. The van der Waals surface area contributed by atoms with Gasteiger partial charge in [-0.15, -0.1) is 0 Å². The smallest absolute Gasteiger partial charge is 0.251 e. The standard InChI is InChI=1S/C12H15N3O/c1-8(13)7-15-12(16)10-3-2-9-4-5-14-11(9)6-10/h2-6,8,14H,7,13H2,1H3,(H,15,16). The summed E-state index contributed by atoms with van der Waals surface area (Å²) in [7, 11) is 0. The van der Waals surface area contributed by atoms with Crippen molar-refractivity contribution in [3.05, 3.63) is 36.0 Å². The summed E-state index contributed by atoms with van der Waals surface area (Å²) in [6.45, 7) is 2.34. The Bertz CT molecular complexity index is 502. The number of hydrogen-bond donors (Lipinski definition) is 3.